The van der Waals surface area contributed by atoms with E-state index in [1.165, 1.54) is 12.3 Å². The van der Waals surface area contributed by atoms with Gasteiger partial charge in [-0.05, 0) is 12.1 Å². The molecule has 5 nitrogen and oxygen atoms in total. The summed E-state index contributed by atoms with van der Waals surface area (Å²) in [6, 6.07) is 3.65. The minimum atomic E-state index is -0.542. The molecule has 0 aliphatic carbocycles. The van der Waals surface area contributed by atoms with Gasteiger partial charge in [-0.1, -0.05) is 0 Å². The van der Waals surface area contributed by atoms with Gasteiger partial charge in [0.1, 0.15) is 0 Å². The quantitative estimate of drug-likeness (QED) is 0.551. The van der Waals surface area contributed by atoms with Gasteiger partial charge in [-0.25, -0.2) is 0 Å². The van der Waals surface area contributed by atoms with Crippen LogP contribution < -0.4 is 5.32 Å². The third-order valence-corrected chi connectivity index (χ3v) is 1.16. The van der Waals surface area contributed by atoms with Gasteiger partial charge >= 0.3 is 0 Å². The molecule has 5 heteroatoms. The molecule has 0 spiro atoms. The Morgan fingerprint density at radius 1 is 1.08 bits per heavy atom. The average Bonchev–Trinajstić information content (AvgIpc) is 2.55. The molecule has 1 aromatic rings. The lowest BCUT2D eigenvalue weighted by atomic mass is 10.4. The van der Waals surface area contributed by atoms with E-state index in [4.69, 9.17) is 0 Å². The molecular weight excluding hydrogens is 170 g/mol. The van der Waals surface area contributed by atoms with Crippen LogP contribution in [0.15, 0.2) is 36.8 Å². The van der Waals surface area contributed by atoms with Gasteiger partial charge in [-0.3, -0.25) is 9.59 Å². The molecule has 1 N–H and O–H groups in total. The third-order valence-electron chi connectivity index (χ3n) is 1.16. The topological polar surface area (TPSA) is 72.0 Å². The normalized spacial score (nSPS) is 13.2. The molecule has 66 valence electrons. The maximum Gasteiger partial charge on any atom is 0.295 e. The van der Waals surface area contributed by atoms with Gasteiger partial charge in [-0.15, -0.1) is 0 Å². The highest BCUT2D eigenvalue weighted by Gasteiger charge is 2.12. The van der Waals surface area contributed by atoms with Crippen LogP contribution in [0.2, 0.25) is 0 Å². The van der Waals surface area contributed by atoms with E-state index in [1.54, 1.807) is 12.4 Å². The molecule has 1 amide bonds. The number of nitrogens with one attached hydrogen (secondary N) is 1. The van der Waals surface area contributed by atoms with Crippen LogP contribution >= 0.6 is 0 Å². The van der Waals surface area contributed by atoms with Crippen LogP contribution in [0.4, 0.5) is 0 Å². The molecule has 2 heterocycles. The van der Waals surface area contributed by atoms with E-state index in [9.17, 15) is 9.59 Å². The van der Waals surface area contributed by atoms with Crippen LogP contribution in [-0.2, 0) is 9.59 Å². The number of hydrogen-bond donors (Lipinski definition) is 1. The van der Waals surface area contributed by atoms with E-state index < -0.39 is 11.7 Å². The van der Waals surface area contributed by atoms with Crippen LogP contribution in [-0.4, -0.2) is 21.9 Å². The second kappa shape index (κ2) is 4.76. The predicted octanol–water partition coefficient (Wildman–Crippen LogP) is -0.324. The van der Waals surface area contributed by atoms with Crippen molar-refractivity contribution in [3.63, 3.8) is 0 Å². The van der Waals surface area contributed by atoms with Gasteiger partial charge in [0, 0.05) is 24.7 Å². The fraction of sp³-hybridized carbons (Fsp3) is 0. The Labute approximate surface area is 74.5 Å². The second-order valence-corrected chi connectivity index (χ2v) is 2.09. The summed E-state index contributed by atoms with van der Waals surface area (Å²) in [6.07, 6.45) is 5.80. The van der Waals surface area contributed by atoms with E-state index in [2.05, 4.69) is 15.5 Å². The number of amides is 1. The minimum Gasteiger partial charge on any atom is -0.326 e. The van der Waals surface area contributed by atoms with Gasteiger partial charge in [0.25, 0.3) is 5.91 Å². The van der Waals surface area contributed by atoms with Crippen molar-refractivity contribution in [2.45, 2.75) is 0 Å². The molecule has 0 saturated heterocycles. The van der Waals surface area contributed by atoms with Crippen molar-refractivity contribution in [1.82, 2.24) is 15.5 Å². The molecule has 0 radical (unpaired) electrons. The number of carbonyl (C=O) groups excluding carboxylic acids is 2. The zero-order valence-electron chi connectivity index (χ0n) is 6.68. The lowest BCUT2D eigenvalue weighted by Crippen LogP contribution is -2.17. The lowest BCUT2D eigenvalue weighted by molar-refractivity contribution is -0.133. The Bertz CT molecular complexity index is 295. The van der Waals surface area contributed by atoms with Crippen molar-refractivity contribution in [2.75, 3.05) is 0 Å². The van der Waals surface area contributed by atoms with Crippen molar-refractivity contribution >= 4 is 11.7 Å². The molecule has 0 fully saturated rings. The van der Waals surface area contributed by atoms with Crippen molar-refractivity contribution in [3.05, 3.63) is 36.8 Å². The summed E-state index contributed by atoms with van der Waals surface area (Å²) >= 11 is 0. The standard InChI is InChI=1S/C4H4N2.C4H3NO2/c1-2-4-6-5-3-1;6-3-1-2-5-4(3)7/h1-4H;1-2H,(H,5,6,7). The first-order valence-corrected chi connectivity index (χ1v) is 3.54. The number of ketones is 1. The molecule has 0 bridgehead atoms. The maximum absolute atomic E-state index is 10.1. The molecule has 0 atom stereocenters. The smallest absolute Gasteiger partial charge is 0.295 e. The van der Waals surface area contributed by atoms with Crippen LogP contribution in [0.1, 0.15) is 0 Å². The van der Waals surface area contributed by atoms with Crippen molar-refractivity contribution in [3.8, 4) is 0 Å². The van der Waals surface area contributed by atoms with Crippen LogP contribution in [0.5, 0.6) is 0 Å². The fourth-order valence-corrected chi connectivity index (χ4v) is 0.593. The van der Waals surface area contributed by atoms with Gasteiger partial charge in [0.2, 0.25) is 5.78 Å². The summed E-state index contributed by atoms with van der Waals surface area (Å²) in [5, 5.41) is 9.27. The highest BCUT2D eigenvalue weighted by molar-refractivity contribution is 6.42. The van der Waals surface area contributed by atoms with Crippen LogP contribution in [0.3, 0.4) is 0 Å². The summed E-state index contributed by atoms with van der Waals surface area (Å²) < 4.78 is 0. The van der Waals surface area contributed by atoms with Crippen LogP contribution in [0.25, 0.3) is 0 Å². The summed E-state index contributed by atoms with van der Waals surface area (Å²) in [5.74, 6) is -1.01. The molecule has 0 unspecified atom stereocenters. The lowest BCUT2D eigenvalue weighted by Gasteiger charge is -1.78. The number of rotatable bonds is 0. The number of hydrogen-bond acceptors (Lipinski definition) is 4. The Morgan fingerprint density at radius 2 is 1.69 bits per heavy atom. The zero-order chi connectivity index (χ0) is 9.52. The zero-order valence-corrected chi connectivity index (χ0v) is 6.68. The van der Waals surface area contributed by atoms with E-state index in [0.29, 0.717) is 0 Å². The number of carbonyl (C=O) groups is 2. The minimum absolute atomic E-state index is 0.472. The van der Waals surface area contributed by atoms with Crippen molar-refractivity contribution in [1.29, 1.82) is 0 Å². The molecular formula is C8H7N3O2. The molecule has 1 aromatic heterocycles. The Hall–Kier alpha value is -2.04. The van der Waals surface area contributed by atoms with E-state index >= 15 is 0 Å². The summed E-state index contributed by atoms with van der Waals surface area (Å²) in [4.78, 5) is 20.1. The van der Waals surface area contributed by atoms with Gasteiger partial charge in [-0.2, -0.15) is 10.2 Å². The van der Waals surface area contributed by atoms with E-state index in [1.807, 2.05) is 12.1 Å². The van der Waals surface area contributed by atoms with Gasteiger partial charge in [0.05, 0.1) is 0 Å². The SMILES string of the molecule is O=C1C=CNC1=O.c1ccnnc1. The molecule has 0 saturated carbocycles. The van der Waals surface area contributed by atoms with Crippen molar-refractivity contribution < 1.29 is 9.59 Å². The third kappa shape index (κ3) is 3.24. The number of aromatic nitrogens is 2. The highest BCUT2D eigenvalue weighted by atomic mass is 16.2. The first kappa shape index (κ1) is 9.05. The highest BCUT2D eigenvalue weighted by Crippen LogP contribution is 1.83. The van der Waals surface area contributed by atoms with Crippen LogP contribution in [0, 0.1) is 0 Å². The van der Waals surface area contributed by atoms with Gasteiger partial charge < -0.3 is 5.32 Å². The number of nitrogens with zero attached hydrogens (tertiary/aromatic N) is 2. The predicted molar refractivity (Wildman–Crippen MR) is 44.3 cm³/mol. The summed E-state index contributed by atoms with van der Waals surface area (Å²) in [5.41, 5.74) is 0. The van der Waals surface area contributed by atoms with E-state index in [0.717, 1.165) is 0 Å². The fourth-order valence-electron chi connectivity index (χ4n) is 0.593. The van der Waals surface area contributed by atoms with Gasteiger partial charge in [0.15, 0.2) is 0 Å². The largest absolute Gasteiger partial charge is 0.326 e. The Kier molecular flexibility index (Phi) is 3.31. The molecule has 1 aliphatic heterocycles. The maximum atomic E-state index is 10.1. The molecule has 13 heavy (non-hydrogen) atoms. The molecule has 1 aliphatic rings. The van der Waals surface area contributed by atoms with Crippen molar-refractivity contribution in [2.24, 2.45) is 0 Å². The first-order valence-electron chi connectivity index (χ1n) is 3.54. The van der Waals surface area contributed by atoms with E-state index in [-0.39, 0.29) is 0 Å². The summed E-state index contributed by atoms with van der Waals surface area (Å²) in [7, 11) is 0. The summed E-state index contributed by atoms with van der Waals surface area (Å²) in [6.45, 7) is 0. The Balaban J connectivity index is 0.000000132. The first-order chi connectivity index (χ1) is 6.30. The molecule has 2 rings (SSSR count). The average molecular weight is 177 g/mol. The molecule has 0 aromatic carbocycles. The Morgan fingerprint density at radius 3 is 1.85 bits per heavy atom. The second-order valence-electron chi connectivity index (χ2n) is 2.09. The monoisotopic (exact) mass is 177 g/mol.